The first-order valence-corrected chi connectivity index (χ1v) is 9.88. The minimum absolute atomic E-state index is 0.000964. The monoisotopic (exact) mass is 388 g/mol. The number of nitrogens with one attached hydrogen (secondary N) is 1. The van der Waals surface area contributed by atoms with Crippen LogP contribution in [0.15, 0.2) is 71.3 Å². The van der Waals surface area contributed by atoms with Crippen LogP contribution in [0.2, 0.25) is 0 Å². The molecule has 0 saturated carbocycles. The Bertz CT molecular complexity index is 1160. The normalized spacial score (nSPS) is 16.2. The van der Waals surface area contributed by atoms with Crippen molar-refractivity contribution in [3.8, 4) is 0 Å². The van der Waals surface area contributed by atoms with Gasteiger partial charge in [0, 0.05) is 41.5 Å². The summed E-state index contributed by atoms with van der Waals surface area (Å²) in [4.78, 5) is 18.4. The van der Waals surface area contributed by atoms with Crippen molar-refractivity contribution in [2.45, 2.75) is 25.3 Å². The molecule has 5 heteroatoms. The minimum atomic E-state index is -0.462. The van der Waals surface area contributed by atoms with Gasteiger partial charge in [0.15, 0.2) is 0 Å². The Morgan fingerprint density at radius 2 is 1.93 bits per heavy atom. The van der Waals surface area contributed by atoms with Gasteiger partial charge in [-0.15, -0.1) is 0 Å². The highest BCUT2D eigenvalue weighted by Crippen LogP contribution is 2.39. The van der Waals surface area contributed by atoms with Crippen molar-refractivity contribution in [3.05, 3.63) is 95.3 Å². The number of hydrogen-bond donors (Lipinski definition) is 1. The number of fused-ring (bicyclic) bond motifs is 3. The highest BCUT2D eigenvalue weighted by Gasteiger charge is 2.35. The average Bonchev–Trinajstić information content (AvgIpc) is 3.39. The van der Waals surface area contributed by atoms with E-state index in [0.29, 0.717) is 24.9 Å². The largest absolute Gasteiger partial charge is 0.469 e. The lowest BCUT2D eigenvalue weighted by Crippen LogP contribution is -2.41. The van der Waals surface area contributed by atoms with Crippen molar-refractivity contribution in [1.82, 2.24) is 9.88 Å². The van der Waals surface area contributed by atoms with E-state index in [-0.39, 0.29) is 11.7 Å². The van der Waals surface area contributed by atoms with E-state index in [2.05, 4.69) is 11.1 Å². The number of nitrogens with zero attached hydrogens (tertiary/aromatic N) is 1. The quantitative estimate of drug-likeness (QED) is 0.534. The Kier molecular flexibility index (Phi) is 4.43. The van der Waals surface area contributed by atoms with Crippen molar-refractivity contribution < 1.29 is 13.6 Å². The summed E-state index contributed by atoms with van der Waals surface area (Å²) in [5.41, 5.74) is 3.62. The second-order valence-electron chi connectivity index (χ2n) is 7.40. The molecule has 4 nitrogen and oxygen atoms in total. The molecule has 0 aliphatic carbocycles. The van der Waals surface area contributed by atoms with Crippen LogP contribution < -0.4 is 0 Å². The number of carbonyl (C=O) groups is 1. The molecule has 2 aromatic carbocycles. The van der Waals surface area contributed by atoms with Crippen molar-refractivity contribution in [3.63, 3.8) is 0 Å². The maximum absolute atomic E-state index is 14.8. The SMILES string of the molecule is O=C(CCc1ccco1)N1CCc2c([nH]c3ccccc23)C1c1ccccc1F. The molecule has 1 N–H and O–H groups in total. The van der Waals surface area contributed by atoms with E-state index in [1.165, 1.54) is 11.6 Å². The van der Waals surface area contributed by atoms with Gasteiger partial charge in [0.25, 0.3) is 0 Å². The molecule has 2 aromatic heterocycles. The van der Waals surface area contributed by atoms with Gasteiger partial charge >= 0.3 is 0 Å². The zero-order chi connectivity index (χ0) is 19.8. The molecule has 1 atom stereocenters. The Morgan fingerprint density at radius 3 is 2.76 bits per heavy atom. The van der Waals surface area contributed by atoms with Gasteiger partial charge in [-0.2, -0.15) is 0 Å². The summed E-state index contributed by atoms with van der Waals surface area (Å²) in [7, 11) is 0. The third-order valence-corrected chi connectivity index (χ3v) is 5.72. The molecular formula is C24H21FN2O2. The van der Waals surface area contributed by atoms with Crippen molar-refractivity contribution in [2.75, 3.05) is 6.54 Å². The third-order valence-electron chi connectivity index (χ3n) is 5.72. The topological polar surface area (TPSA) is 49.2 Å². The van der Waals surface area contributed by atoms with Gasteiger partial charge in [0.2, 0.25) is 5.91 Å². The molecule has 3 heterocycles. The summed E-state index contributed by atoms with van der Waals surface area (Å²) < 4.78 is 20.2. The summed E-state index contributed by atoms with van der Waals surface area (Å²) in [5.74, 6) is 0.482. The smallest absolute Gasteiger partial charge is 0.223 e. The first kappa shape index (κ1) is 17.7. The van der Waals surface area contributed by atoms with Gasteiger partial charge in [0.1, 0.15) is 17.6 Å². The average molecular weight is 388 g/mol. The van der Waals surface area contributed by atoms with E-state index < -0.39 is 6.04 Å². The van der Waals surface area contributed by atoms with Crippen molar-refractivity contribution >= 4 is 16.8 Å². The number of furan rings is 1. The maximum atomic E-state index is 14.8. The lowest BCUT2D eigenvalue weighted by molar-refractivity contribution is -0.133. The number of halogens is 1. The minimum Gasteiger partial charge on any atom is -0.469 e. The fraction of sp³-hybridized carbons (Fsp3) is 0.208. The van der Waals surface area contributed by atoms with Crippen LogP contribution in [0.5, 0.6) is 0 Å². The van der Waals surface area contributed by atoms with E-state index in [1.807, 2.05) is 36.4 Å². The van der Waals surface area contributed by atoms with E-state index in [9.17, 15) is 9.18 Å². The van der Waals surface area contributed by atoms with Crippen molar-refractivity contribution in [2.24, 2.45) is 0 Å². The van der Waals surface area contributed by atoms with Gasteiger partial charge in [0.05, 0.1) is 6.26 Å². The molecule has 1 aliphatic heterocycles. The Hall–Kier alpha value is -3.34. The molecule has 0 saturated heterocycles. The van der Waals surface area contributed by atoms with Crippen LogP contribution in [0.4, 0.5) is 4.39 Å². The predicted octanol–water partition coefficient (Wildman–Crippen LogP) is 5.01. The van der Waals surface area contributed by atoms with E-state index in [1.54, 1.807) is 23.3 Å². The summed E-state index contributed by atoms with van der Waals surface area (Å²) in [6.07, 6.45) is 3.22. The van der Waals surface area contributed by atoms with Crippen LogP contribution in [0.25, 0.3) is 10.9 Å². The number of aromatic nitrogens is 1. The van der Waals surface area contributed by atoms with Crippen LogP contribution in [-0.4, -0.2) is 22.3 Å². The lowest BCUT2D eigenvalue weighted by atomic mass is 9.91. The number of hydrogen-bond acceptors (Lipinski definition) is 2. The number of carbonyl (C=O) groups excluding carboxylic acids is 1. The molecule has 1 unspecified atom stereocenters. The highest BCUT2D eigenvalue weighted by molar-refractivity contribution is 5.86. The van der Waals surface area contributed by atoms with Gasteiger partial charge in [-0.05, 0) is 36.2 Å². The molecule has 0 spiro atoms. The Morgan fingerprint density at radius 1 is 1.10 bits per heavy atom. The van der Waals surface area contributed by atoms with Gasteiger partial charge < -0.3 is 14.3 Å². The summed E-state index contributed by atoms with van der Waals surface area (Å²) in [6.45, 7) is 0.560. The van der Waals surface area contributed by atoms with E-state index in [4.69, 9.17) is 4.42 Å². The predicted molar refractivity (Wildman–Crippen MR) is 109 cm³/mol. The van der Waals surface area contributed by atoms with Crippen LogP contribution in [0.3, 0.4) is 0 Å². The van der Waals surface area contributed by atoms with Crippen LogP contribution in [0.1, 0.15) is 35.0 Å². The molecule has 1 amide bonds. The maximum Gasteiger partial charge on any atom is 0.223 e. The fourth-order valence-electron chi connectivity index (χ4n) is 4.36. The number of amides is 1. The van der Waals surface area contributed by atoms with Crippen LogP contribution in [-0.2, 0) is 17.6 Å². The second-order valence-corrected chi connectivity index (χ2v) is 7.40. The summed E-state index contributed by atoms with van der Waals surface area (Å²) >= 11 is 0. The zero-order valence-electron chi connectivity index (χ0n) is 15.9. The lowest BCUT2D eigenvalue weighted by Gasteiger charge is -2.36. The number of aromatic amines is 1. The molecule has 146 valence electrons. The molecule has 1 aliphatic rings. The zero-order valence-corrected chi connectivity index (χ0v) is 15.9. The highest BCUT2D eigenvalue weighted by atomic mass is 19.1. The number of para-hydroxylation sites is 1. The number of aryl methyl sites for hydroxylation is 1. The molecular weight excluding hydrogens is 367 g/mol. The number of rotatable bonds is 4. The fourth-order valence-corrected chi connectivity index (χ4v) is 4.36. The molecule has 0 fully saturated rings. The number of benzene rings is 2. The second kappa shape index (κ2) is 7.24. The third kappa shape index (κ3) is 3.12. The molecule has 5 rings (SSSR count). The first-order valence-electron chi connectivity index (χ1n) is 9.88. The number of H-pyrrole nitrogens is 1. The Labute approximate surface area is 168 Å². The molecule has 4 aromatic rings. The van der Waals surface area contributed by atoms with E-state index >= 15 is 0 Å². The molecule has 0 radical (unpaired) electrons. The molecule has 0 bridgehead atoms. The molecule has 29 heavy (non-hydrogen) atoms. The Balaban J connectivity index is 1.56. The summed E-state index contributed by atoms with van der Waals surface area (Å²) in [5, 5.41) is 1.14. The van der Waals surface area contributed by atoms with Crippen LogP contribution in [0, 0.1) is 5.82 Å². The van der Waals surface area contributed by atoms with Gasteiger partial charge in [-0.3, -0.25) is 4.79 Å². The van der Waals surface area contributed by atoms with Gasteiger partial charge in [-0.1, -0.05) is 36.4 Å². The van der Waals surface area contributed by atoms with Crippen molar-refractivity contribution in [1.29, 1.82) is 0 Å². The summed E-state index contributed by atoms with van der Waals surface area (Å²) in [6, 6.07) is 18.0. The standard InChI is InChI=1S/C24H21FN2O2/c25-20-9-3-1-8-19(20)24-23-18(17-7-2-4-10-21(17)26-23)13-14-27(24)22(28)12-11-16-6-5-15-29-16/h1-10,15,24,26H,11-14H2. The first-order chi connectivity index (χ1) is 14.2. The van der Waals surface area contributed by atoms with Crippen LogP contribution >= 0.6 is 0 Å². The van der Waals surface area contributed by atoms with Gasteiger partial charge in [-0.25, -0.2) is 4.39 Å². The van der Waals surface area contributed by atoms with E-state index in [0.717, 1.165) is 28.8 Å².